The van der Waals surface area contributed by atoms with E-state index in [4.69, 9.17) is 9.47 Å². The largest absolute Gasteiger partial charge is 0.494 e. The smallest absolute Gasteiger partial charge is 0.229 e. The molecule has 0 amide bonds. The molecule has 0 spiro atoms. The maximum atomic E-state index is 13.9. The number of hydrogen-bond acceptors (Lipinski definition) is 7. The Morgan fingerprint density at radius 1 is 1.35 bits per heavy atom. The maximum absolute atomic E-state index is 13.9. The molecule has 0 aliphatic carbocycles. The Morgan fingerprint density at radius 2 is 2.19 bits per heavy atom. The van der Waals surface area contributed by atoms with Crippen molar-refractivity contribution >= 4 is 17.5 Å². The average molecular weight is 422 g/mol. The van der Waals surface area contributed by atoms with E-state index >= 15 is 0 Å². The van der Waals surface area contributed by atoms with Gasteiger partial charge in [0.15, 0.2) is 11.6 Å². The quantitative estimate of drug-likeness (QED) is 0.593. The van der Waals surface area contributed by atoms with Crippen LogP contribution >= 0.6 is 0 Å². The summed E-state index contributed by atoms with van der Waals surface area (Å²) in [6.07, 6.45) is 6.89. The molecule has 8 nitrogen and oxygen atoms in total. The molecule has 1 aromatic carbocycles. The highest BCUT2D eigenvalue weighted by atomic mass is 19.1. The number of fused-ring (bicyclic) bond motifs is 1. The molecule has 0 fully saturated rings. The van der Waals surface area contributed by atoms with Crippen molar-refractivity contribution in [1.29, 1.82) is 0 Å². The van der Waals surface area contributed by atoms with Crippen LogP contribution in [0.4, 0.5) is 21.8 Å². The number of imidazole rings is 1. The summed E-state index contributed by atoms with van der Waals surface area (Å²) in [6, 6.07) is 5.66. The maximum Gasteiger partial charge on any atom is 0.229 e. The number of ether oxygens (including phenoxy) is 2. The minimum atomic E-state index is -0.529. The van der Waals surface area contributed by atoms with Gasteiger partial charge < -0.3 is 24.3 Å². The summed E-state index contributed by atoms with van der Waals surface area (Å²) < 4.78 is 27.0. The van der Waals surface area contributed by atoms with Crippen molar-refractivity contribution in [3.63, 3.8) is 0 Å². The van der Waals surface area contributed by atoms with Gasteiger partial charge in [-0.2, -0.15) is 4.98 Å². The topological polar surface area (TPSA) is 77.3 Å². The van der Waals surface area contributed by atoms with Crippen molar-refractivity contribution in [3.05, 3.63) is 66.8 Å². The van der Waals surface area contributed by atoms with E-state index in [9.17, 15) is 4.39 Å². The first kappa shape index (κ1) is 20.4. The Labute approximate surface area is 179 Å². The average Bonchev–Trinajstić information content (AvgIpc) is 3.20. The van der Waals surface area contributed by atoms with Crippen molar-refractivity contribution in [2.45, 2.75) is 13.8 Å². The van der Waals surface area contributed by atoms with Gasteiger partial charge in [-0.05, 0) is 26.0 Å². The molecule has 0 saturated carbocycles. The standard InChI is InChI=1S/C22H23FN6O2/c1-5-17(15(3)23)29-8-9-31-20-11-24-22(27-21(20)29)26-16-6-7-18(19(10-16)30-4)28-12-14(2)25-13-28/h5-7,10-13H,3,8-9H2,1-2,4H3,(H,24,26,27). The van der Waals surface area contributed by atoms with Crippen LogP contribution in [-0.4, -0.2) is 39.8 Å². The number of aromatic nitrogens is 4. The molecule has 1 aliphatic heterocycles. The predicted octanol–water partition coefficient (Wildman–Crippen LogP) is 4.31. The fourth-order valence-electron chi connectivity index (χ4n) is 3.41. The lowest BCUT2D eigenvalue weighted by atomic mass is 10.2. The second-order valence-corrected chi connectivity index (χ2v) is 6.89. The van der Waals surface area contributed by atoms with E-state index in [0.717, 1.165) is 17.1 Å². The van der Waals surface area contributed by atoms with Gasteiger partial charge in [0.05, 0.1) is 43.3 Å². The van der Waals surface area contributed by atoms with Crippen molar-refractivity contribution in [2.24, 2.45) is 0 Å². The highest BCUT2D eigenvalue weighted by Gasteiger charge is 2.25. The summed E-state index contributed by atoms with van der Waals surface area (Å²) in [7, 11) is 1.61. The number of benzene rings is 1. The molecule has 3 heterocycles. The SMILES string of the molecule is C=C(F)C(=CC)N1CCOc2cnc(Nc3ccc(-n4cnc(C)c4)c(OC)c3)nc21. The molecule has 9 heteroatoms. The first-order valence-corrected chi connectivity index (χ1v) is 9.74. The zero-order valence-electron chi connectivity index (χ0n) is 17.6. The zero-order chi connectivity index (χ0) is 22.0. The highest BCUT2D eigenvalue weighted by molar-refractivity contribution is 5.66. The van der Waals surface area contributed by atoms with Gasteiger partial charge in [-0.25, -0.2) is 14.4 Å². The first-order valence-electron chi connectivity index (χ1n) is 9.74. The number of nitrogens with zero attached hydrogens (tertiary/aromatic N) is 5. The summed E-state index contributed by atoms with van der Waals surface area (Å²) in [5.41, 5.74) is 2.87. The number of halogens is 1. The van der Waals surface area contributed by atoms with Gasteiger partial charge >= 0.3 is 0 Å². The molecule has 3 aromatic rings. The number of anilines is 3. The van der Waals surface area contributed by atoms with Crippen molar-refractivity contribution in [2.75, 3.05) is 30.5 Å². The Balaban J connectivity index is 1.64. The van der Waals surface area contributed by atoms with E-state index in [1.165, 1.54) is 0 Å². The van der Waals surface area contributed by atoms with Crippen LogP contribution < -0.4 is 19.7 Å². The molecule has 0 radical (unpaired) electrons. The van der Waals surface area contributed by atoms with Crippen LogP contribution in [0.1, 0.15) is 12.6 Å². The molecule has 2 aromatic heterocycles. The predicted molar refractivity (Wildman–Crippen MR) is 117 cm³/mol. The third-order valence-electron chi connectivity index (χ3n) is 4.83. The molecule has 1 N–H and O–H groups in total. The third kappa shape index (κ3) is 4.07. The first-order chi connectivity index (χ1) is 15.0. The van der Waals surface area contributed by atoms with Crippen molar-refractivity contribution in [1.82, 2.24) is 19.5 Å². The molecular formula is C22H23FN6O2. The van der Waals surface area contributed by atoms with Crippen LogP contribution in [0.2, 0.25) is 0 Å². The van der Waals surface area contributed by atoms with E-state index in [2.05, 4.69) is 26.8 Å². The zero-order valence-corrected chi connectivity index (χ0v) is 17.6. The van der Waals surface area contributed by atoms with Crippen LogP contribution in [-0.2, 0) is 0 Å². The molecule has 0 unspecified atom stereocenters. The molecular weight excluding hydrogens is 399 g/mol. The number of methoxy groups -OCH3 is 1. The van der Waals surface area contributed by atoms with Gasteiger partial charge in [0.25, 0.3) is 0 Å². The minimum Gasteiger partial charge on any atom is -0.494 e. The van der Waals surface area contributed by atoms with E-state index in [-0.39, 0.29) is 0 Å². The summed E-state index contributed by atoms with van der Waals surface area (Å²) in [5, 5.41) is 3.17. The Bertz CT molecular complexity index is 1160. The summed E-state index contributed by atoms with van der Waals surface area (Å²) in [6.45, 7) is 7.96. The van der Waals surface area contributed by atoms with Gasteiger partial charge in [-0.1, -0.05) is 12.7 Å². The number of rotatable bonds is 6. The number of nitrogens with one attached hydrogen (secondary N) is 1. The van der Waals surface area contributed by atoms with E-state index in [1.807, 2.05) is 35.9 Å². The summed E-state index contributed by atoms with van der Waals surface area (Å²) in [4.78, 5) is 14.9. The van der Waals surface area contributed by atoms with Gasteiger partial charge in [0.1, 0.15) is 18.2 Å². The second-order valence-electron chi connectivity index (χ2n) is 6.89. The van der Waals surface area contributed by atoms with Gasteiger partial charge in [-0.15, -0.1) is 0 Å². The van der Waals surface area contributed by atoms with Crippen LogP contribution in [0.3, 0.4) is 0 Å². The van der Waals surface area contributed by atoms with Crippen molar-refractivity contribution < 1.29 is 13.9 Å². The highest BCUT2D eigenvalue weighted by Crippen LogP contribution is 2.35. The minimum absolute atomic E-state index is 0.349. The van der Waals surface area contributed by atoms with Crippen molar-refractivity contribution in [3.8, 4) is 17.2 Å². The van der Waals surface area contributed by atoms with Gasteiger partial charge in [0.2, 0.25) is 5.95 Å². The molecule has 0 saturated heterocycles. The third-order valence-corrected chi connectivity index (χ3v) is 4.83. The molecule has 0 bridgehead atoms. The van der Waals surface area contributed by atoms with Gasteiger partial charge in [-0.3, -0.25) is 0 Å². The Kier molecular flexibility index (Phi) is 5.57. The van der Waals surface area contributed by atoms with Gasteiger partial charge in [0, 0.05) is 18.0 Å². The normalized spacial score (nSPS) is 13.4. The van der Waals surface area contributed by atoms with E-state index in [1.54, 1.807) is 37.5 Å². The molecule has 4 rings (SSSR count). The number of hydrogen-bond donors (Lipinski definition) is 1. The number of allylic oxidation sites excluding steroid dienone is 2. The summed E-state index contributed by atoms with van der Waals surface area (Å²) >= 11 is 0. The Morgan fingerprint density at radius 3 is 2.87 bits per heavy atom. The lowest BCUT2D eigenvalue weighted by molar-refractivity contribution is 0.307. The Hall–Kier alpha value is -3.88. The second kappa shape index (κ2) is 8.47. The van der Waals surface area contributed by atoms with Crippen LogP contribution in [0.5, 0.6) is 11.5 Å². The molecule has 1 aliphatic rings. The summed E-state index contributed by atoms with van der Waals surface area (Å²) in [5.74, 6) is 1.45. The molecule has 0 atom stereocenters. The molecule has 31 heavy (non-hydrogen) atoms. The van der Waals surface area contributed by atoms with E-state index in [0.29, 0.717) is 42.1 Å². The van der Waals surface area contributed by atoms with Crippen LogP contribution in [0.15, 0.2) is 61.1 Å². The lowest BCUT2D eigenvalue weighted by Gasteiger charge is -2.31. The fraction of sp³-hybridized carbons (Fsp3) is 0.227. The van der Waals surface area contributed by atoms with E-state index < -0.39 is 5.83 Å². The van der Waals surface area contributed by atoms with Crippen LogP contribution in [0, 0.1) is 6.92 Å². The molecule has 160 valence electrons. The fourth-order valence-corrected chi connectivity index (χ4v) is 3.41. The number of aryl methyl sites for hydroxylation is 1. The van der Waals surface area contributed by atoms with Crippen LogP contribution in [0.25, 0.3) is 5.69 Å². The lowest BCUT2D eigenvalue weighted by Crippen LogP contribution is -2.33. The monoisotopic (exact) mass is 422 g/mol.